The molecule has 1 fully saturated rings. The molecule has 0 bridgehead atoms. The lowest BCUT2D eigenvalue weighted by Gasteiger charge is -2.34. The Morgan fingerprint density at radius 2 is 1.90 bits per heavy atom. The van der Waals surface area contributed by atoms with E-state index >= 15 is 0 Å². The largest absolute Gasteiger partial charge is 0.330 e. The summed E-state index contributed by atoms with van der Waals surface area (Å²) >= 11 is 0. The topological polar surface area (TPSA) is 75.2 Å². The number of hydrogen-bond acceptors (Lipinski definition) is 4. The maximum absolute atomic E-state index is 13.5. The third-order valence-corrected chi connectivity index (χ3v) is 6.10. The van der Waals surface area contributed by atoms with E-state index in [4.69, 9.17) is 0 Å². The Balaban J connectivity index is 1.68. The fourth-order valence-corrected chi connectivity index (χ4v) is 4.76. The van der Waals surface area contributed by atoms with Crippen molar-refractivity contribution in [2.45, 2.75) is 24.8 Å². The van der Waals surface area contributed by atoms with Gasteiger partial charge in [0.05, 0.1) is 17.3 Å². The molecule has 1 N–H and O–H groups in total. The summed E-state index contributed by atoms with van der Waals surface area (Å²) < 4.78 is 0. The highest BCUT2D eigenvalue weighted by molar-refractivity contribution is 6.08. The molecule has 0 aliphatic carbocycles. The molecule has 0 saturated carbocycles. The summed E-state index contributed by atoms with van der Waals surface area (Å²) in [6.45, 7) is 2.28. The summed E-state index contributed by atoms with van der Waals surface area (Å²) in [5, 5.41) is 3.04. The molecule has 2 atom stereocenters. The first kappa shape index (κ1) is 17.6. The van der Waals surface area contributed by atoms with Gasteiger partial charge in [0.15, 0.2) is 0 Å². The number of aromatic nitrogens is 2. The SMILES string of the molecule is Cc1ncncc1C(=O)N1CC[C@]2(C(=O)Nc3ccccc32)[C@@H]1c1ccccc1. The lowest BCUT2D eigenvalue weighted by Crippen LogP contribution is -2.42. The minimum atomic E-state index is -0.808. The van der Waals surface area contributed by atoms with Gasteiger partial charge >= 0.3 is 0 Å². The molecule has 1 saturated heterocycles. The highest BCUT2D eigenvalue weighted by Crippen LogP contribution is 2.54. The highest BCUT2D eigenvalue weighted by atomic mass is 16.2. The van der Waals surface area contributed by atoms with Crippen molar-refractivity contribution in [1.29, 1.82) is 0 Å². The Bertz CT molecular complexity index is 1110. The van der Waals surface area contributed by atoms with Gasteiger partial charge in [0, 0.05) is 18.4 Å². The van der Waals surface area contributed by atoms with Crippen LogP contribution in [-0.2, 0) is 10.2 Å². The van der Waals surface area contributed by atoms with E-state index in [2.05, 4.69) is 15.3 Å². The van der Waals surface area contributed by atoms with E-state index in [1.165, 1.54) is 6.33 Å². The molecule has 3 heterocycles. The molecular weight excluding hydrogens is 364 g/mol. The number of rotatable bonds is 2. The maximum Gasteiger partial charge on any atom is 0.257 e. The van der Waals surface area contributed by atoms with E-state index < -0.39 is 11.5 Å². The van der Waals surface area contributed by atoms with Gasteiger partial charge in [-0.3, -0.25) is 9.59 Å². The van der Waals surface area contributed by atoms with Gasteiger partial charge < -0.3 is 10.2 Å². The normalized spacial score (nSPS) is 22.6. The van der Waals surface area contributed by atoms with Gasteiger partial charge in [0.1, 0.15) is 11.7 Å². The number of aryl methyl sites for hydroxylation is 1. The van der Waals surface area contributed by atoms with Crippen LogP contribution in [0.5, 0.6) is 0 Å². The molecule has 6 nitrogen and oxygen atoms in total. The second-order valence-corrected chi connectivity index (χ2v) is 7.55. The van der Waals surface area contributed by atoms with Crippen LogP contribution in [0.3, 0.4) is 0 Å². The van der Waals surface area contributed by atoms with E-state index in [0.717, 1.165) is 16.8 Å². The van der Waals surface area contributed by atoms with Gasteiger partial charge in [0.25, 0.3) is 5.91 Å². The number of likely N-dealkylation sites (tertiary alicyclic amines) is 1. The molecule has 0 radical (unpaired) electrons. The lowest BCUT2D eigenvalue weighted by atomic mass is 9.72. The number of anilines is 1. The fourth-order valence-electron chi connectivity index (χ4n) is 4.76. The zero-order valence-corrected chi connectivity index (χ0v) is 16.0. The second-order valence-electron chi connectivity index (χ2n) is 7.55. The third-order valence-electron chi connectivity index (χ3n) is 6.10. The van der Waals surface area contributed by atoms with Gasteiger partial charge in [-0.2, -0.15) is 0 Å². The number of hydrogen-bond donors (Lipinski definition) is 1. The highest BCUT2D eigenvalue weighted by Gasteiger charge is 2.59. The molecule has 2 aromatic carbocycles. The van der Waals surface area contributed by atoms with Crippen molar-refractivity contribution in [3.05, 3.63) is 89.5 Å². The molecule has 2 aliphatic heterocycles. The van der Waals surface area contributed by atoms with E-state index in [1.807, 2.05) is 59.5 Å². The van der Waals surface area contributed by atoms with Crippen LogP contribution in [0.1, 0.15) is 39.6 Å². The Kier molecular flexibility index (Phi) is 3.94. The molecule has 29 heavy (non-hydrogen) atoms. The third kappa shape index (κ3) is 2.49. The molecular formula is C23H20N4O2. The molecule has 0 unspecified atom stereocenters. The molecule has 1 spiro atoms. The molecule has 6 heteroatoms. The van der Waals surface area contributed by atoms with Crippen LogP contribution < -0.4 is 5.32 Å². The monoisotopic (exact) mass is 384 g/mol. The molecule has 2 amide bonds. The number of nitrogens with one attached hydrogen (secondary N) is 1. The van der Waals surface area contributed by atoms with Gasteiger partial charge in [-0.15, -0.1) is 0 Å². The molecule has 5 rings (SSSR count). The van der Waals surface area contributed by atoms with E-state index in [1.54, 1.807) is 13.1 Å². The smallest absolute Gasteiger partial charge is 0.257 e. The maximum atomic E-state index is 13.5. The van der Waals surface area contributed by atoms with Gasteiger partial charge in [-0.1, -0.05) is 48.5 Å². The van der Waals surface area contributed by atoms with Crippen molar-refractivity contribution in [3.8, 4) is 0 Å². The summed E-state index contributed by atoms with van der Waals surface area (Å²) in [5.41, 5.74) is 3.02. The average molecular weight is 384 g/mol. The van der Waals surface area contributed by atoms with E-state index in [0.29, 0.717) is 24.2 Å². The zero-order valence-electron chi connectivity index (χ0n) is 16.0. The van der Waals surface area contributed by atoms with Crippen LogP contribution in [0.15, 0.2) is 67.1 Å². The first-order valence-electron chi connectivity index (χ1n) is 9.66. The van der Waals surface area contributed by atoms with Crippen molar-refractivity contribution in [2.24, 2.45) is 0 Å². The van der Waals surface area contributed by atoms with E-state index in [-0.39, 0.29) is 11.8 Å². The number of amides is 2. The van der Waals surface area contributed by atoms with Crippen molar-refractivity contribution >= 4 is 17.5 Å². The molecule has 144 valence electrons. The minimum Gasteiger partial charge on any atom is -0.330 e. The van der Waals surface area contributed by atoms with Crippen LogP contribution in [0.25, 0.3) is 0 Å². The second kappa shape index (κ2) is 6.51. The Morgan fingerprint density at radius 1 is 1.14 bits per heavy atom. The molecule has 1 aromatic heterocycles. The summed E-state index contributed by atoms with van der Waals surface area (Å²) in [6, 6.07) is 17.2. The standard InChI is InChI=1S/C23H20N4O2/c1-15-17(13-24-14-25-15)21(28)27-12-11-23(20(27)16-7-3-2-4-8-16)18-9-5-6-10-19(18)26-22(23)29/h2-10,13-14,20H,11-12H2,1H3,(H,26,29)/t20-,23+/m0/s1. The lowest BCUT2D eigenvalue weighted by molar-refractivity contribution is -0.121. The quantitative estimate of drug-likeness (QED) is 0.736. The first-order chi connectivity index (χ1) is 14.1. The van der Waals surface area contributed by atoms with Gasteiger partial charge in [-0.05, 0) is 30.5 Å². The minimum absolute atomic E-state index is 0.0520. The number of carbonyl (C=O) groups excluding carboxylic acids is 2. The van der Waals surface area contributed by atoms with Crippen LogP contribution >= 0.6 is 0 Å². The number of benzene rings is 2. The van der Waals surface area contributed by atoms with Gasteiger partial charge in [0.2, 0.25) is 5.91 Å². The number of carbonyl (C=O) groups is 2. The number of fused-ring (bicyclic) bond motifs is 2. The van der Waals surface area contributed by atoms with Crippen molar-refractivity contribution in [1.82, 2.24) is 14.9 Å². The molecule has 2 aliphatic rings. The van der Waals surface area contributed by atoms with Crippen LogP contribution in [0.2, 0.25) is 0 Å². The predicted octanol–water partition coefficient (Wildman–Crippen LogP) is 3.26. The van der Waals surface area contributed by atoms with Crippen molar-refractivity contribution < 1.29 is 9.59 Å². The summed E-state index contributed by atoms with van der Waals surface area (Å²) in [5.74, 6) is -0.199. The van der Waals surface area contributed by atoms with Crippen LogP contribution in [0, 0.1) is 6.92 Å². The Morgan fingerprint density at radius 3 is 2.69 bits per heavy atom. The Labute approximate surface area is 168 Å². The van der Waals surface area contributed by atoms with E-state index in [9.17, 15) is 9.59 Å². The predicted molar refractivity (Wildman–Crippen MR) is 108 cm³/mol. The van der Waals surface area contributed by atoms with Crippen molar-refractivity contribution in [3.63, 3.8) is 0 Å². The number of para-hydroxylation sites is 1. The zero-order chi connectivity index (χ0) is 20.0. The Hall–Kier alpha value is -3.54. The summed E-state index contributed by atoms with van der Waals surface area (Å²) in [4.78, 5) is 36.9. The average Bonchev–Trinajstić information content (AvgIpc) is 3.28. The van der Waals surface area contributed by atoms with Crippen LogP contribution in [0.4, 0.5) is 5.69 Å². The number of nitrogens with zero attached hydrogens (tertiary/aromatic N) is 3. The first-order valence-corrected chi connectivity index (χ1v) is 9.66. The fraction of sp³-hybridized carbons (Fsp3) is 0.217. The van der Waals surface area contributed by atoms with Crippen molar-refractivity contribution in [2.75, 3.05) is 11.9 Å². The summed E-state index contributed by atoms with van der Waals surface area (Å²) in [6.07, 6.45) is 3.56. The van der Waals surface area contributed by atoms with Crippen LogP contribution in [-0.4, -0.2) is 33.2 Å². The summed E-state index contributed by atoms with van der Waals surface area (Å²) in [7, 11) is 0. The molecule has 3 aromatic rings. The van der Waals surface area contributed by atoms with Gasteiger partial charge in [-0.25, -0.2) is 9.97 Å².